The standard InChI is InChI=1S/C27H28ClN5O4S.C26H27ClN6O3S.C24H21ClN4O3S.C23H19ClN4O3S/c1-36-27-26(32-38(34,35)14-11-33-9-12-37-13-10-33)16-20(18-30-27)19-5-6-24-23(15-19)25(7-8-29-24)31-22-4-2-3-21(28)17-22;1-32-10-12-33(13-11-32)37(34,35)31-25-15-19(17-29-26(25)36-2)18-6-7-23-22(14-18)24(8-9-28-23)30-21-5-3-4-20(27)16-21;1-32-24-23(29-33(30,31)19-6-7-19)12-16(14-27-24)15-5-8-21-20(11-15)22(9-10-26-21)28-18-4-2-3-17(25)13-18;1-3-32(29,30)28-22-12-16(14-26-23(22)31-2)15-7-8-20-19(11-15)21(9-10-25-20)27-18-6-4-5-17(24)13-18/h2-8,15-18,32H,9-14H2,1H3,(H,29,31);3-9,14-17,31H,10-13H2,1-2H3,(H,28,30);2-5,8-14,19,29H,6-7H2,1H3,(H,26,28);3-14,28H,1H2,2H3,(H,25,27). The van der Waals surface area contributed by atoms with Crippen LogP contribution in [0.1, 0.15) is 12.8 Å². The number of halogens is 4. The molecule has 0 spiro atoms. The molecule has 40 heteroatoms. The van der Waals surface area contributed by atoms with Gasteiger partial charge in [0.25, 0.3) is 10.0 Å². The minimum atomic E-state index is -3.76. The largest absolute Gasteiger partial charge is 0.480 e. The van der Waals surface area contributed by atoms with E-state index in [9.17, 15) is 33.7 Å². The summed E-state index contributed by atoms with van der Waals surface area (Å²) in [6.07, 6.45) is 14.9. The van der Waals surface area contributed by atoms with Gasteiger partial charge >= 0.3 is 10.2 Å². The Morgan fingerprint density at radius 2 is 0.693 bits per heavy atom. The number of piperazine rings is 1. The second-order valence-electron chi connectivity index (χ2n) is 32.4. The molecule has 8 aromatic heterocycles. The molecule has 1 aliphatic carbocycles. The summed E-state index contributed by atoms with van der Waals surface area (Å²) in [6.45, 7) is 8.60. The lowest BCUT2D eigenvalue weighted by Crippen LogP contribution is -2.48. The molecule has 3 aliphatic rings. The highest BCUT2D eigenvalue weighted by Crippen LogP contribution is 2.42. The van der Waals surface area contributed by atoms with Gasteiger partial charge in [-0.1, -0.05) is 102 Å². The van der Waals surface area contributed by atoms with Crippen LogP contribution >= 0.6 is 46.4 Å². The number of sulfonamides is 3. The molecule has 1 saturated carbocycles. The summed E-state index contributed by atoms with van der Waals surface area (Å²) in [4.78, 5) is 39.3. The molecule has 19 rings (SSSR count). The molecule has 8 aromatic carbocycles. The molecule has 10 heterocycles. The molecule has 720 valence electrons. The monoisotopic (exact) mass is 2040 g/mol. The van der Waals surface area contributed by atoms with Gasteiger partial charge in [-0.25, -0.2) is 45.2 Å². The first kappa shape index (κ1) is 99.2. The average molecular weight is 2040 g/mol. The normalized spacial score (nSPS) is 13.6. The van der Waals surface area contributed by atoms with E-state index in [1.165, 1.54) is 32.7 Å². The minimum absolute atomic E-state index is 0.0411. The molecule has 0 atom stereocenters. The van der Waals surface area contributed by atoms with Crippen molar-refractivity contribution < 1.29 is 57.4 Å². The highest BCUT2D eigenvalue weighted by molar-refractivity contribution is 7.95. The van der Waals surface area contributed by atoms with Crippen LogP contribution in [0.4, 0.5) is 68.2 Å². The van der Waals surface area contributed by atoms with Gasteiger partial charge < -0.3 is 49.9 Å². The number of aromatic nitrogens is 8. The predicted octanol–water partition coefficient (Wildman–Crippen LogP) is 20.6. The lowest BCUT2D eigenvalue weighted by molar-refractivity contribution is 0.0408. The third kappa shape index (κ3) is 25.4. The van der Waals surface area contributed by atoms with Gasteiger partial charge in [0.05, 0.1) is 74.7 Å². The highest BCUT2D eigenvalue weighted by atomic mass is 35.5. The quantitative estimate of drug-likeness (QED) is 0.0207. The van der Waals surface area contributed by atoms with E-state index in [0.717, 1.165) is 147 Å². The summed E-state index contributed by atoms with van der Waals surface area (Å²) in [5.41, 5.74) is 17.6. The Balaban J connectivity index is 0.000000135. The number of pyridine rings is 8. The number of benzene rings is 8. The fraction of sp³-hybridized carbons (Fsp3) is 0.180. The van der Waals surface area contributed by atoms with E-state index in [2.05, 4.69) is 96.4 Å². The second kappa shape index (κ2) is 44.5. The Hall–Kier alpha value is -13.9. The molecule has 2 saturated heterocycles. The van der Waals surface area contributed by atoms with Crippen molar-refractivity contribution in [2.75, 3.05) is 140 Å². The summed E-state index contributed by atoms with van der Waals surface area (Å²) in [6, 6.07) is 67.7. The van der Waals surface area contributed by atoms with Gasteiger partial charge in [0, 0.05) is 210 Å². The van der Waals surface area contributed by atoms with E-state index in [-0.39, 0.29) is 51.6 Å². The van der Waals surface area contributed by atoms with Gasteiger partial charge in [-0.3, -0.25) is 43.7 Å². The number of nitrogens with one attached hydrogen (secondary N) is 8. The Morgan fingerprint density at radius 1 is 0.371 bits per heavy atom. The van der Waals surface area contributed by atoms with Crippen LogP contribution in [-0.2, 0) is 45.0 Å². The number of likely N-dealkylation sites (N-methyl/N-ethyl adjacent to an activating group) is 1. The van der Waals surface area contributed by atoms with Crippen molar-refractivity contribution in [1.82, 2.24) is 54.0 Å². The molecular formula is C100H95Cl4N19O13S4. The molecule has 0 amide bonds. The van der Waals surface area contributed by atoms with Crippen LogP contribution in [0.5, 0.6) is 23.5 Å². The van der Waals surface area contributed by atoms with E-state index in [4.69, 9.17) is 70.1 Å². The van der Waals surface area contributed by atoms with Crippen molar-refractivity contribution in [2.45, 2.75) is 18.1 Å². The van der Waals surface area contributed by atoms with E-state index in [0.29, 0.717) is 90.1 Å². The molecule has 0 unspecified atom stereocenters. The summed E-state index contributed by atoms with van der Waals surface area (Å²) in [7, 11) is -6.78. The van der Waals surface area contributed by atoms with Crippen LogP contribution in [0.15, 0.2) is 280 Å². The smallest absolute Gasteiger partial charge is 0.301 e. The number of rotatable bonds is 30. The Bertz CT molecular complexity index is 7770. The third-order valence-corrected chi connectivity index (χ3v) is 29.2. The number of hydrogen-bond acceptors (Lipinski definition) is 27. The van der Waals surface area contributed by atoms with Gasteiger partial charge in [-0.2, -0.15) is 12.7 Å². The van der Waals surface area contributed by atoms with Gasteiger partial charge in [-0.15, -0.1) is 0 Å². The molecule has 140 heavy (non-hydrogen) atoms. The Kier molecular flexibility index (Phi) is 31.5. The van der Waals surface area contributed by atoms with E-state index < -0.39 is 40.3 Å². The van der Waals surface area contributed by atoms with Gasteiger partial charge in [0.1, 0.15) is 22.7 Å². The number of morpholine rings is 1. The lowest BCUT2D eigenvalue weighted by Gasteiger charge is -2.31. The zero-order chi connectivity index (χ0) is 98.2. The zero-order valence-electron chi connectivity index (χ0n) is 76.1. The van der Waals surface area contributed by atoms with E-state index in [1.807, 2.05) is 201 Å². The van der Waals surface area contributed by atoms with Crippen LogP contribution in [0.2, 0.25) is 20.1 Å². The minimum Gasteiger partial charge on any atom is -0.480 e. The van der Waals surface area contributed by atoms with Crippen molar-refractivity contribution in [3.63, 3.8) is 0 Å². The summed E-state index contributed by atoms with van der Waals surface area (Å²) < 4.78 is 139. The number of anilines is 12. The van der Waals surface area contributed by atoms with Crippen LogP contribution in [-0.4, -0.2) is 193 Å². The summed E-state index contributed by atoms with van der Waals surface area (Å²) in [5.74, 6) is 0.751. The Morgan fingerprint density at radius 3 is 1.01 bits per heavy atom. The van der Waals surface area contributed by atoms with E-state index >= 15 is 0 Å². The number of ether oxygens (including phenoxy) is 5. The first-order valence-corrected chi connectivity index (χ1v) is 51.5. The maximum Gasteiger partial charge on any atom is 0.301 e. The fourth-order valence-electron chi connectivity index (χ4n) is 15.3. The topological polar surface area (TPSA) is 392 Å². The maximum atomic E-state index is 13.1. The third-order valence-electron chi connectivity index (χ3n) is 22.7. The fourth-order valence-corrected chi connectivity index (χ4v) is 20.3. The van der Waals surface area contributed by atoms with Crippen LogP contribution < -0.4 is 59.1 Å². The number of methoxy groups -OCH3 is 4. The molecule has 3 fully saturated rings. The predicted molar refractivity (Wildman–Crippen MR) is 560 cm³/mol. The lowest BCUT2D eigenvalue weighted by atomic mass is 10.0. The SMILES string of the molecule is C=CS(=O)(=O)Nc1cc(-c2ccc3nccc(Nc4cccc(Cl)c4)c3c2)cnc1OC.COc1ncc(-c2ccc3nccc(Nc4cccc(Cl)c4)c3c2)cc1NS(=O)(=O)C1CC1.COc1ncc(-c2ccc3nccc(Nc4cccc(Cl)c4)c3c2)cc1NS(=O)(=O)CCN1CCOCC1.COc1ncc(-c2ccc3nccc(Nc4cccc(Cl)c4)c3c2)cc1NS(=O)(=O)N1CCN(C)CC1. The summed E-state index contributed by atoms with van der Waals surface area (Å²) in [5, 5.41) is 20.2. The van der Waals surface area contributed by atoms with Crippen LogP contribution in [0.3, 0.4) is 0 Å². The number of nitrogens with zero attached hydrogens (tertiary/aromatic N) is 11. The van der Waals surface area contributed by atoms with Gasteiger partial charge in [-0.05, 0) is 212 Å². The molecule has 2 aliphatic heterocycles. The zero-order valence-corrected chi connectivity index (χ0v) is 82.4. The number of fused-ring (bicyclic) bond motifs is 4. The molecule has 0 radical (unpaired) electrons. The maximum absolute atomic E-state index is 13.1. The molecule has 16 aromatic rings. The van der Waals surface area contributed by atoms with Crippen molar-refractivity contribution >= 4 is 199 Å². The Labute approximate surface area is 830 Å². The van der Waals surface area contributed by atoms with Crippen LogP contribution in [0.25, 0.3) is 88.1 Å². The van der Waals surface area contributed by atoms with Gasteiger partial charge in [0.15, 0.2) is 0 Å². The first-order valence-electron chi connectivity index (χ1n) is 43.8. The second-order valence-corrected chi connectivity index (χ2v) is 41.2. The van der Waals surface area contributed by atoms with Crippen LogP contribution in [0, 0.1) is 0 Å². The first-order chi connectivity index (χ1) is 67.5. The van der Waals surface area contributed by atoms with Crippen molar-refractivity contribution in [3.8, 4) is 68.0 Å². The summed E-state index contributed by atoms with van der Waals surface area (Å²) >= 11 is 24.5. The van der Waals surface area contributed by atoms with Gasteiger partial charge in [0.2, 0.25) is 43.6 Å². The molecular weight excluding hydrogens is 1950 g/mol. The van der Waals surface area contributed by atoms with E-state index in [1.54, 1.807) is 73.8 Å². The molecule has 32 nitrogen and oxygen atoms in total. The number of hydrogen-bond donors (Lipinski definition) is 8. The molecule has 8 N–H and O–H groups in total. The molecule has 0 bridgehead atoms. The van der Waals surface area contributed by atoms with Crippen molar-refractivity contribution in [2.24, 2.45) is 0 Å². The highest BCUT2D eigenvalue weighted by Gasteiger charge is 2.37. The van der Waals surface area contributed by atoms with Crippen molar-refractivity contribution in [3.05, 3.63) is 300 Å². The average Bonchev–Trinajstić information content (AvgIpc) is 1.19. The van der Waals surface area contributed by atoms with Crippen molar-refractivity contribution in [1.29, 1.82) is 0 Å².